The molecule has 0 saturated carbocycles. The van der Waals surface area contributed by atoms with E-state index in [1.54, 1.807) is 12.4 Å². The van der Waals surface area contributed by atoms with Crippen molar-refractivity contribution in [2.45, 2.75) is 0 Å². The summed E-state index contributed by atoms with van der Waals surface area (Å²) in [7, 11) is 0. The van der Waals surface area contributed by atoms with Crippen LogP contribution in [0.1, 0.15) is 0 Å². The van der Waals surface area contributed by atoms with Crippen LogP contribution in [0, 0.1) is 0 Å². The van der Waals surface area contributed by atoms with E-state index < -0.39 is 0 Å². The van der Waals surface area contributed by atoms with Gasteiger partial charge in [-0.05, 0) is 0 Å². The maximum absolute atomic E-state index is 6.45. The van der Waals surface area contributed by atoms with Gasteiger partial charge in [-0.3, -0.25) is 0 Å². The first-order valence-electron chi connectivity index (χ1n) is 11.9. The zero-order chi connectivity index (χ0) is 26.2. The van der Waals surface area contributed by atoms with Crippen LogP contribution in [0.3, 0.4) is 0 Å². The van der Waals surface area contributed by atoms with Crippen molar-refractivity contribution in [2.24, 2.45) is 0 Å². The number of pyridine rings is 4. The first-order chi connectivity index (χ1) is 19.2. The number of hydrogen-bond donors (Lipinski definition) is 0. The number of rotatable bonds is 6. The Morgan fingerprint density at radius 2 is 1.05 bits per heavy atom. The summed E-state index contributed by atoms with van der Waals surface area (Å²) in [6.07, 6.45) is 7.58. The first-order valence-corrected chi connectivity index (χ1v) is 15.7. The average Bonchev–Trinajstić information content (AvgIpc) is 3.52. The van der Waals surface area contributed by atoms with Crippen LogP contribution >= 0.6 is 11.6 Å². The van der Waals surface area contributed by atoms with Crippen molar-refractivity contribution in [1.29, 1.82) is 0 Å². The van der Waals surface area contributed by atoms with E-state index in [1.165, 1.54) is 0 Å². The monoisotopic (exact) mass is 660 g/mol. The molecule has 7 aromatic heterocycles. The molecule has 0 aromatic carbocycles. The predicted molar refractivity (Wildman–Crippen MR) is 154 cm³/mol. The summed E-state index contributed by atoms with van der Waals surface area (Å²) in [5, 5.41) is 0.230. The van der Waals surface area contributed by atoms with Crippen LogP contribution in [0.15, 0.2) is 104 Å². The van der Waals surface area contributed by atoms with Gasteiger partial charge in [0, 0.05) is 0 Å². The SMILES string of the molecule is Clc1nc([Se]c2nc(-c3ccccn3)n3ccccc23)cc([Se]c2nc(-c3ccccn3)n3ccccc23)n1. The Labute approximate surface area is 240 Å². The Bertz CT molecular complexity index is 1800. The van der Waals surface area contributed by atoms with Crippen LogP contribution in [0.2, 0.25) is 5.28 Å². The molecule has 0 N–H and O–H groups in total. The van der Waals surface area contributed by atoms with Gasteiger partial charge in [0.25, 0.3) is 0 Å². The van der Waals surface area contributed by atoms with Gasteiger partial charge in [0.15, 0.2) is 0 Å². The van der Waals surface area contributed by atoms with Crippen LogP contribution < -0.4 is 18.4 Å². The van der Waals surface area contributed by atoms with Crippen molar-refractivity contribution < 1.29 is 0 Å². The van der Waals surface area contributed by atoms with E-state index in [-0.39, 0.29) is 35.2 Å². The standard InChI is InChI=1S/C28H17ClN8Se2/c29-28-32-22(38-26-20-11-3-7-15-36(20)24(34-26)18-9-1-5-13-30-18)17-23(33-28)39-27-21-12-4-8-16-37(21)25(35-27)19-10-2-6-14-31-19/h1-17H. The zero-order valence-electron chi connectivity index (χ0n) is 20.1. The van der Waals surface area contributed by atoms with Crippen molar-refractivity contribution in [3.63, 3.8) is 0 Å². The second kappa shape index (κ2) is 10.3. The van der Waals surface area contributed by atoms with Crippen molar-refractivity contribution in [2.75, 3.05) is 0 Å². The first kappa shape index (κ1) is 24.2. The van der Waals surface area contributed by atoms with Crippen molar-refractivity contribution in [3.05, 3.63) is 109 Å². The van der Waals surface area contributed by atoms with E-state index in [9.17, 15) is 0 Å². The number of nitrogens with zero attached hydrogens (tertiary/aromatic N) is 8. The average molecular weight is 659 g/mol. The summed E-state index contributed by atoms with van der Waals surface area (Å²) in [6.45, 7) is 0. The van der Waals surface area contributed by atoms with Gasteiger partial charge in [-0.1, -0.05) is 0 Å². The number of imidazole rings is 2. The van der Waals surface area contributed by atoms with E-state index in [0.717, 1.165) is 52.4 Å². The normalized spacial score (nSPS) is 11.4. The van der Waals surface area contributed by atoms with Crippen LogP contribution in [-0.4, -0.2) is 68.6 Å². The molecular formula is C28H17ClN8Se2. The molecule has 7 heterocycles. The topological polar surface area (TPSA) is 86.2 Å². The van der Waals surface area contributed by atoms with Gasteiger partial charge < -0.3 is 0 Å². The second-order valence-corrected chi connectivity index (χ2v) is 12.9. The van der Waals surface area contributed by atoms with Crippen LogP contribution in [-0.2, 0) is 0 Å². The minimum atomic E-state index is -0.202. The summed E-state index contributed by atoms with van der Waals surface area (Å²) in [4.78, 5) is 28.1. The molecule has 0 fully saturated rings. The Balaban J connectivity index is 1.25. The van der Waals surface area contributed by atoms with Crippen molar-refractivity contribution in [3.8, 4) is 23.0 Å². The summed E-state index contributed by atoms with van der Waals surface area (Å²) < 4.78 is 7.80. The van der Waals surface area contributed by atoms with E-state index in [0.29, 0.717) is 0 Å². The Kier molecular flexibility index (Phi) is 6.40. The summed E-state index contributed by atoms with van der Waals surface area (Å²) in [5.41, 5.74) is 3.70. The molecular weight excluding hydrogens is 642 g/mol. The molecule has 0 unspecified atom stereocenters. The van der Waals surface area contributed by atoms with E-state index in [1.807, 2.05) is 79.1 Å². The van der Waals surface area contributed by atoms with Gasteiger partial charge in [0.1, 0.15) is 0 Å². The van der Waals surface area contributed by atoms with Gasteiger partial charge in [0.05, 0.1) is 0 Å². The summed E-state index contributed by atoms with van der Waals surface area (Å²) in [5.74, 6) is 1.61. The van der Waals surface area contributed by atoms with Crippen LogP contribution in [0.4, 0.5) is 0 Å². The number of aromatic nitrogens is 8. The molecule has 0 bridgehead atoms. The summed E-state index contributed by atoms with van der Waals surface area (Å²) >= 11 is 6.04. The Morgan fingerprint density at radius 1 is 0.564 bits per heavy atom. The Morgan fingerprint density at radius 3 is 1.51 bits per heavy atom. The molecule has 11 heteroatoms. The molecule has 188 valence electrons. The molecule has 0 spiro atoms. The van der Waals surface area contributed by atoms with E-state index >= 15 is 0 Å². The van der Waals surface area contributed by atoms with E-state index in [4.69, 9.17) is 21.6 Å². The minimum absolute atomic E-state index is 0.202. The van der Waals surface area contributed by atoms with Gasteiger partial charge in [0.2, 0.25) is 0 Å². The van der Waals surface area contributed by atoms with Gasteiger partial charge in [-0.2, -0.15) is 0 Å². The van der Waals surface area contributed by atoms with Crippen LogP contribution in [0.5, 0.6) is 0 Å². The van der Waals surface area contributed by atoms with E-state index in [2.05, 4.69) is 40.9 Å². The molecule has 0 aliphatic rings. The third-order valence-electron chi connectivity index (χ3n) is 5.87. The molecule has 0 aliphatic heterocycles. The molecule has 0 atom stereocenters. The van der Waals surface area contributed by atoms with Crippen LogP contribution in [0.25, 0.3) is 34.1 Å². The fraction of sp³-hybridized carbons (Fsp3) is 0. The molecule has 0 saturated heterocycles. The van der Waals surface area contributed by atoms with Gasteiger partial charge in [-0.25, -0.2) is 0 Å². The Hall–Kier alpha value is -3.91. The third-order valence-corrected chi connectivity index (χ3v) is 9.87. The number of halogens is 1. The zero-order valence-corrected chi connectivity index (χ0v) is 24.3. The molecule has 7 rings (SSSR count). The summed E-state index contributed by atoms with van der Waals surface area (Å²) in [6, 6.07) is 25.9. The molecule has 0 aliphatic carbocycles. The molecule has 7 aromatic rings. The molecule has 0 amide bonds. The van der Waals surface area contributed by atoms with Crippen molar-refractivity contribution in [1.82, 2.24) is 38.7 Å². The van der Waals surface area contributed by atoms with Crippen molar-refractivity contribution >= 4 is 70.9 Å². The van der Waals surface area contributed by atoms with Gasteiger partial charge in [-0.15, -0.1) is 0 Å². The molecule has 8 nitrogen and oxygen atoms in total. The maximum atomic E-state index is 6.45. The number of hydrogen-bond acceptors (Lipinski definition) is 6. The molecule has 39 heavy (non-hydrogen) atoms. The quantitative estimate of drug-likeness (QED) is 0.201. The molecule has 0 radical (unpaired) electrons. The van der Waals surface area contributed by atoms with Gasteiger partial charge >= 0.3 is 242 Å². The fourth-order valence-corrected chi connectivity index (χ4v) is 8.78. The predicted octanol–water partition coefficient (Wildman–Crippen LogP) is 1.86. The second-order valence-electron chi connectivity index (χ2n) is 8.34. The third kappa shape index (κ3) is 4.74. The fourth-order valence-electron chi connectivity index (χ4n) is 4.20. The number of fused-ring (bicyclic) bond motifs is 2.